The Hall–Kier alpha value is -3.21. The fraction of sp³-hybridized carbons (Fsp3) is 0.190. The van der Waals surface area contributed by atoms with Crippen LogP contribution < -0.4 is 5.32 Å². The summed E-state index contributed by atoms with van der Waals surface area (Å²) in [7, 11) is 0. The SMILES string of the molecule is Cc1cc(C(=O)OCC(=O)Nc2c(C)cccc2C)c2ccccc2n1. The molecule has 0 spiro atoms. The second-order valence-electron chi connectivity index (χ2n) is 6.22. The lowest BCUT2D eigenvalue weighted by Crippen LogP contribution is -2.22. The lowest BCUT2D eigenvalue weighted by atomic mass is 10.1. The molecule has 5 nitrogen and oxygen atoms in total. The summed E-state index contributed by atoms with van der Waals surface area (Å²) in [4.78, 5) is 29.1. The molecule has 5 heteroatoms. The monoisotopic (exact) mass is 348 g/mol. The van der Waals surface area contributed by atoms with Crippen LogP contribution in [0.4, 0.5) is 5.69 Å². The van der Waals surface area contributed by atoms with E-state index < -0.39 is 5.97 Å². The molecular weight excluding hydrogens is 328 g/mol. The fourth-order valence-corrected chi connectivity index (χ4v) is 2.87. The third kappa shape index (κ3) is 3.72. The van der Waals surface area contributed by atoms with E-state index in [4.69, 9.17) is 4.74 Å². The lowest BCUT2D eigenvalue weighted by molar-refractivity contribution is -0.119. The molecule has 2 aromatic carbocycles. The molecule has 0 unspecified atom stereocenters. The van der Waals surface area contributed by atoms with Crippen LogP contribution in [0, 0.1) is 20.8 Å². The van der Waals surface area contributed by atoms with Gasteiger partial charge in [-0.25, -0.2) is 4.79 Å². The van der Waals surface area contributed by atoms with Crippen molar-refractivity contribution in [1.29, 1.82) is 0 Å². The second-order valence-corrected chi connectivity index (χ2v) is 6.22. The zero-order chi connectivity index (χ0) is 18.7. The number of hydrogen-bond donors (Lipinski definition) is 1. The minimum Gasteiger partial charge on any atom is -0.452 e. The van der Waals surface area contributed by atoms with Crippen LogP contribution >= 0.6 is 0 Å². The molecule has 0 aliphatic rings. The van der Waals surface area contributed by atoms with Crippen LogP contribution in [0.15, 0.2) is 48.5 Å². The van der Waals surface area contributed by atoms with Crippen molar-refractivity contribution >= 4 is 28.5 Å². The zero-order valence-corrected chi connectivity index (χ0v) is 15.0. The third-order valence-electron chi connectivity index (χ3n) is 4.14. The van der Waals surface area contributed by atoms with Crippen LogP contribution in [0.5, 0.6) is 0 Å². The summed E-state index contributed by atoms with van der Waals surface area (Å²) in [6.07, 6.45) is 0. The molecule has 1 aromatic heterocycles. The van der Waals surface area contributed by atoms with E-state index in [0.29, 0.717) is 10.9 Å². The van der Waals surface area contributed by atoms with E-state index in [1.165, 1.54) is 0 Å². The van der Waals surface area contributed by atoms with Crippen molar-refractivity contribution in [2.45, 2.75) is 20.8 Å². The predicted octanol–water partition coefficient (Wildman–Crippen LogP) is 3.96. The van der Waals surface area contributed by atoms with Gasteiger partial charge in [0.2, 0.25) is 0 Å². The molecule has 26 heavy (non-hydrogen) atoms. The molecule has 132 valence electrons. The van der Waals surface area contributed by atoms with Gasteiger partial charge < -0.3 is 10.1 Å². The topological polar surface area (TPSA) is 68.3 Å². The van der Waals surface area contributed by atoms with Gasteiger partial charge in [0, 0.05) is 16.8 Å². The maximum atomic E-state index is 12.5. The van der Waals surface area contributed by atoms with Gasteiger partial charge in [0.15, 0.2) is 6.61 Å². The number of hydrogen-bond acceptors (Lipinski definition) is 4. The highest BCUT2D eigenvalue weighted by molar-refractivity contribution is 6.04. The van der Waals surface area contributed by atoms with E-state index in [2.05, 4.69) is 10.3 Å². The van der Waals surface area contributed by atoms with E-state index in [-0.39, 0.29) is 12.5 Å². The number of carbonyl (C=O) groups is 2. The number of nitrogens with one attached hydrogen (secondary N) is 1. The number of fused-ring (bicyclic) bond motifs is 1. The van der Waals surface area contributed by atoms with Crippen LogP contribution in [0.2, 0.25) is 0 Å². The number of benzene rings is 2. The molecule has 3 rings (SSSR count). The molecule has 0 bridgehead atoms. The van der Waals surface area contributed by atoms with Gasteiger partial charge in [-0.1, -0.05) is 36.4 Å². The molecule has 0 saturated heterocycles. The van der Waals surface area contributed by atoms with Crippen LogP contribution in [0.3, 0.4) is 0 Å². The summed E-state index contributed by atoms with van der Waals surface area (Å²) >= 11 is 0. The Morgan fingerprint density at radius 3 is 2.42 bits per heavy atom. The highest BCUT2D eigenvalue weighted by Gasteiger charge is 2.15. The maximum Gasteiger partial charge on any atom is 0.339 e. The Kier molecular flexibility index (Phi) is 4.98. The molecule has 1 heterocycles. The van der Waals surface area contributed by atoms with Crippen molar-refractivity contribution in [3.05, 3.63) is 70.9 Å². The van der Waals surface area contributed by atoms with E-state index in [1.807, 2.05) is 63.2 Å². The number of amides is 1. The fourth-order valence-electron chi connectivity index (χ4n) is 2.87. The minimum atomic E-state index is -0.539. The normalized spacial score (nSPS) is 10.6. The van der Waals surface area contributed by atoms with E-state index >= 15 is 0 Å². The van der Waals surface area contributed by atoms with Crippen LogP contribution in [0.25, 0.3) is 10.9 Å². The highest BCUT2D eigenvalue weighted by Crippen LogP contribution is 2.20. The highest BCUT2D eigenvalue weighted by atomic mass is 16.5. The number of rotatable bonds is 4. The van der Waals surface area contributed by atoms with Crippen molar-refractivity contribution < 1.29 is 14.3 Å². The zero-order valence-electron chi connectivity index (χ0n) is 15.0. The number of carbonyl (C=O) groups excluding carboxylic acids is 2. The van der Waals surface area contributed by atoms with Crippen LogP contribution in [0.1, 0.15) is 27.2 Å². The summed E-state index contributed by atoms with van der Waals surface area (Å²) in [5.41, 5.74) is 4.52. The molecule has 3 aromatic rings. The molecule has 1 N–H and O–H groups in total. The number of aryl methyl sites for hydroxylation is 3. The summed E-state index contributed by atoms with van der Waals surface area (Å²) in [5.74, 6) is -0.908. The Morgan fingerprint density at radius 2 is 1.69 bits per heavy atom. The van der Waals surface area contributed by atoms with Gasteiger partial charge in [0.1, 0.15) is 0 Å². The first kappa shape index (κ1) is 17.6. The van der Waals surface area contributed by atoms with Gasteiger partial charge in [-0.15, -0.1) is 0 Å². The standard InChI is InChI=1S/C21H20N2O3/c1-13-7-6-8-14(2)20(13)23-19(24)12-26-21(25)17-11-15(3)22-18-10-5-4-9-16(17)18/h4-11H,12H2,1-3H3,(H,23,24). The molecule has 0 saturated carbocycles. The number of esters is 1. The molecule has 0 aliphatic carbocycles. The van der Waals surface area contributed by atoms with E-state index in [0.717, 1.165) is 28.0 Å². The van der Waals surface area contributed by atoms with Crippen molar-refractivity contribution in [2.24, 2.45) is 0 Å². The van der Waals surface area contributed by atoms with Crippen molar-refractivity contribution in [3.8, 4) is 0 Å². The summed E-state index contributed by atoms with van der Waals surface area (Å²) < 4.78 is 5.23. The first-order valence-corrected chi connectivity index (χ1v) is 8.35. The van der Waals surface area contributed by atoms with Gasteiger partial charge in [-0.2, -0.15) is 0 Å². The average molecular weight is 348 g/mol. The van der Waals surface area contributed by atoms with Crippen LogP contribution in [-0.2, 0) is 9.53 Å². The quantitative estimate of drug-likeness (QED) is 0.725. The number of aromatic nitrogens is 1. The molecular formula is C21H20N2O3. The number of ether oxygens (including phenoxy) is 1. The number of pyridine rings is 1. The predicted molar refractivity (Wildman–Crippen MR) is 101 cm³/mol. The van der Waals surface area contributed by atoms with Crippen molar-refractivity contribution in [1.82, 2.24) is 4.98 Å². The molecule has 0 radical (unpaired) electrons. The molecule has 0 fully saturated rings. The van der Waals surface area contributed by atoms with Gasteiger partial charge in [-0.3, -0.25) is 9.78 Å². The Labute approximate surface area is 152 Å². The van der Waals surface area contributed by atoms with Gasteiger partial charge in [-0.05, 0) is 44.0 Å². The summed E-state index contributed by atoms with van der Waals surface area (Å²) in [6.45, 7) is 5.31. The average Bonchev–Trinajstić information content (AvgIpc) is 2.62. The molecule has 0 aliphatic heterocycles. The Balaban J connectivity index is 1.72. The maximum absolute atomic E-state index is 12.5. The van der Waals surface area contributed by atoms with E-state index in [9.17, 15) is 9.59 Å². The van der Waals surface area contributed by atoms with Gasteiger partial charge in [0.25, 0.3) is 5.91 Å². The van der Waals surface area contributed by atoms with Gasteiger partial charge >= 0.3 is 5.97 Å². The van der Waals surface area contributed by atoms with Crippen molar-refractivity contribution in [3.63, 3.8) is 0 Å². The summed E-state index contributed by atoms with van der Waals surface area (Å²) in [5, 5.41) is 3.51. The second kappa shape index (κ2) is 7.35. The van der Waals surface area contributed by atoms with Crippen molar-refractivity contribution in [2.75, 3.05) is 11.9 Å². The molecule has 1 amide bonds. The number of anilines is 1. The Bertz CT molecular complexity index is 975. The minimum absolute atomic E-state index is 0.345. The van der Waals surface area contributed by atoms with Crippen LogP contribution in [-0.4, -0.2) is 23.5 Å². The number of nitrogens with zero attached hydrogens (tertiary/aromatic N) is 1. The largest absolute Gasteiger partial charge is 0.452 e. The third-order valence-corrected chi connectivity index (χ3v) is 4.14. The number of para-hydroxylation sites is 2. The first-order chi connectivity index (χ1) is 12.5. The Morgan fingerprint density at radius 1 is 1.00 bits per heavy atom. The first-order valence-electron chi connectivity index (χ1n) is 8.35. The molecule has 0 atom stereocenters. The van der Waals surface area contributed by atoms with Gasteiger partial charge in [0.05, 0.1) is 11.1 Å². The lowest BCUT2D eigenvalue weighted by Gasteiger charge is -2.12. The van der Waals surface area contributed by atoms with E-state index in [1.54, 1.807) is 6.07 Å². The smallest absolute Gasteiger partial charge is 0.339 e. The summed E-state index contributed by atoms with van der Waals surface area (Å²) in [6, 6.07) is 14.8.